The first-order valence-corrected chi connectivity index (χ1v) is 9.13. The Morgan fingerprint density at radius 3 is 2.89 bits per heavy atom. The average molecular weight is 382 g/mol. The molecule has 1 aromatic carbocycles. The van der Waals surface area contributed by atoms with E-state index in [-0.39, 0.29) is 17.8 Å². The van der Waals surface area contributed by atoms with E-state index in [1.807, 2.05) is 0 Å². The van der Waals surface area contributed by atoms with Gasteiger partial charge in [0.15, 0.2) is 5.82 Å². The fraction of sp³-hybridized carbons (Fsp3) is 0.300. The number of nitrogens with zero attached hydrogens (tertiary/aromatic N) is 4. The van der Waals surface area contributed by atoms with Gasteiger partial charge in [-0.25, -0.2) is 4.39 Å². The third-order valence-corrected chi connectivity index (χ3v) is 4.57. The van der Waals surface area contributed by atoms with Gasteiger partial charge in [-0.3, -0.25) is 9.78 Å². The van der Waals surface area contributed by atoms with Gasteiger partial charge >= 0.3 is 0 Å². The molecule has 3 heterocycles. The summed E-state index contributed by atoms with van der Waals surface area (Å²) in [4.78, 5) is 23.0. The molecule has 0 aliphatic carbocycles. The Morgan fingerprint density at radius 1 is 1.25 bits per heavy atom. The Balaban J connectivity index is 1.37. The van der Waals surface area contributed by atoms with Crippen LogP contribution in [-0.2, 0) is 6.42 Å². The number of likely N-dealkylation sites (tertiary alicyclic amines) is 1. The van der Waals surface area contributed by atoms with Gasteiger partial charge < -0.3 is 14.2 Å². The molecule has 144 valence electrons. The lowest BCUT2D eigenvalue weighted by molar-refractivity contribution is 0.0704. The third-order valence-electron chi connectivity index (χ3n) is 4.57. The molecule has 7 nitrogen and oxygen atoms in total. The molecule has 1 saturated heterocycles. The van der Waals surface area contributed by atoms with Crippen LogP contribution in [0.25, 0.3) is 0 Å². The molecule has 0 spiro atoms. The van der Waals surface area contributed by atoms with Crippen LogP contribution in [0.3, 0.4) is 0 Å². The van der Waals surface area contributed by atoms with Crippen molar-refractivity contribution in [2.24, 2.45) is 0 Å². The number of aromatic nitrogens is 3. The van der Waals surface area contributed by atoms with Crippen LogP contribution in [0.1, 0.15) is 41.1 Å². The lowest BCUT2D eigenvalue weighted by atomic mass is 10.2. The van der Waals surface area contributed by atoms with Gasteiger partial charge in [0, 0.05) is 19.2 Å². The van der Waals surface area contributed by atoms with Gasteiger partial charge in [0.25, 0.3) is 5.91 Å². The zero-order chi connectivity index (χ0) is 19.3. The molecule has 1 atom stereocenters. The average Bonchev–Trinajstić information content (AvgIpc) is 3.39. The van der Waals surface area contributed by atoms with E-state index in [0.29, 0.717) is 42.7 Å². The van der Waals surface area contributed by atoms with Crippen LogP contribution < -0.4 is 4.74 Å². The molecule has 2 aromatic heterocycles. The molecule has 0 N–H and O–H groups in total. The highest BCUT2D eigenvalue weighted by Gasteiger charge is 2.34. The maximum absolute atomic E-state index is 12.9. The lowest BCUT2D eigenvalue weighted by Crippen LogP contribution is -2.31. The summed E-state index contributed by atoms with van der Waals surface area (Å²) >= 11 is 0. The Hall–Kier alpha value is -3.29. The fourth-order valence-electron chi connectivity index (χ4n) is 3.20. The summed E-state index contributed by atoms with van der Waals surface area (Å²) in [7, 11) is 0. The Bertz CT molecular complexity index is 930. The second kappa shape index (κ2) is 8.16. The normalized spacial score (nSPS) is 16.3. The number of benzene rings is 1. The second-order valence-electron chi connectivity index (χ2n) is 6.47. The van der Waals surface area contributed by atoms with Crippen LogP contribution in [0.5, 0.6) is 5.75 Å². The molecule has 0 bridgehead atoms. The Labute approximate surface area is 161 Å². The van der Waals surface area contributed by atoms with Crippen LogP contribution >= 0.6 is 0 Å². The Morgan fingerprint density at radius 2 is 2.11 bits per heavy atom. The molecule has 1 aliphatic rings. The highest BCUT2D eigenvalue weighted by molar-refractivity contribution is 5.92. The van der Waals surface area contributed by atoms with Crippen LogP contribution in [0.4, 0.5) is 4.39 Å². The van der Waals surface area contributed by atoms with Crippen LogP contribution in [0.2, 0.25) is 0 Å². The largest absolute Gasteiger partial charge is 0.493 e. The lowest BCUT2D eigenvalue weighted by Gasteiger charge is -2.21. The molecule has 3 aromatic rings. The minimum Gasteiger partial charge on any atom is -0.493 e. The summed E-state index contributed by atoms with van der Waals surface area (Å²) in [5, 5.41) is 3.99. The van der Waals surface area contributed by atoms with Crippen molar-refractivity contribution in [3.05, 3.63) is 71.9 Å². The number of hydrogen-bond acceptors (Lipinski definition) is 6. The van der Waals surface area contributed by atoms with Crippen molar-refractivity contribution >= 4 is 5.91 Å². The predicted octanol–water partition coefficient (Wildman–Crippen LogP) is 3.20. The maximum atomic E-state index is 12.9. The number of halogens is 1. The summed E-state index contributed by atoms with van der Waals surface area (Å²) < 4.78 is 23.9. The molecule has 0 radical (unpaired) electrons. The third kappa shape index (κ3) is 4.00. The van der Waals surface area contributed by atoms with E-state index in [9.17, 15) is 9.18 Å². The van der Waals surface area contributed by atoms with Crippen molar-refractivity contribution < 1.29 is 18.4 Å². The topological polar surface area (TPSA) is 81.4 Å². The van der Waals surface area contributed by atoms with E-state index in [1.165, 1.54) is 12.1 Å². The summed E-state index contributed by atoms with van der Waals surface area (Å²) in [6.45, 7) is 0.970. The van der Waals surface area contributed by atoms with Gasteiger partial charge in [-0.1, -0.05) is 11.2 Å². The van der Waals surface area contributed by atoms with Crippen molar-refractivity contribution in [1.82, 2.24) is 20.0 Å². The number of carbonyl (C=O) groups is 1. The highest BCUT2D eigenvalue weighted by Crippen LogP contribution is 2.32. The van der Waals surface area contributed by atoms with Crippen molar-refractivity contribution in [1.29, 1.82) is 0 Å². The number of rotatable bonds is 6. The smallest absolute Gasteiger partial charge is 0.273 e. The fourth-order valence-corrected chi connectivity index (χ4v) is 3.20. The van der Waals surface area contributed by atoms with E-state index in [4.69, 9.17) is 9.26 Å². The van der Waals surface area contributed by atoms with Crippen LogP contribution in [-0.4, -0.2) is 39.1 Å². The minimum absolute atomic E-state index is 0.137. The molecule has 4 rings (SSSR count). The van der Waals surface area contributed by atoms with Crippen molar-refractivity contribution in [2.45, 2.75) is 25.3 Å². The van der Waals surface area contributed by atoms with Crippen molar-refractivity contribution in [3.8, 4) is 5.75 Å². The van der Waals surface area contributed by atoms with Crippen molar-refractivity contribution in [2.75, 3.05) is 13.2 Å². The first-order chi connectivity index (χ1) is 13.7. The van der Waals surface area contributed by atoms with Gasteiger partial charge in [0.05, 0.1) is 6.61 Å². The zero-order valence-corrected chi connectivity index (χ0v) is 15.1. The number of carbonyl (C=O) groups excluding carboxylic acids is 1. The summed E-state index contributed by atoms with van der Waals surface area (Å²) in [5.74, 6) is 1.07. The first-order valence-electron chi connectivity index (χ1n) is 9.13. The standard InChI is InChI=1S/C20H19FN4O3/c21-14-6-8-15(9-7-14)27-13-10-18-23-19(28-24-18)17-5-3-12-25(17)20(26)16-4-1-2-11-22-16/h1-2,4,6-9,11,17H,3,5,10,12-13H2. The van der Waals surface area contributed by atoms with E-state index in [2.05, 4.69) is 15.1 Å². The molecule has 1 unspecified atom stereocenters. The van der Waals surface area contributed by atoms with Crippen LogP contribution in [0.15, 0.2) is 53.2 Å². The minimum atomic E-state index is -0.309. The number of ether oxygens (including phenoxy) is 1. The van der Waals surface area contributed by atoms with E-state index < -0.39 is 0 Å². The first kappa shape index (κ1) is 18.1. The van der Waals surface area contributed by atoms with E-state index >= 15 is 0 Å². The highest BCUT2D eigenvalue weighted by atomic mass is 19.1. The number of amides is 1. The van der Waals surface area contributed by atoms with Gasteiger partial charge in [0.1, 0.15) is 23.3 Å². The molecule has 1 amide bonds. The van der Waals surface area contributed by atoms with Gasteiger partial charge in [-0.05, 0) is 49.2 Å². The number of hydrogen-bond donors (Lipinski definition) is 0. The second-order valence-corrected chi connectivity index (χ2v) is 6.47. The monoisotopic (exact) mass is 382 g/mol. The summed E-state index contributed by atoms with van der Waals surface area (Å²) in [6, 6.07) is 10.8. The van der Waals surface area contributed by atoms with E-state index in [1.54, 1.807) is 41.4 Å². The number of pyridine rings is 1. The van der Waals surface area contributed by atoms with Gasteiger partial charge in [0.2, 0.25) is 5.89 Å². The molecular formula is C20H19FN4O3. The Kier molecular flexibility index (Phi) is 5.27. The van der Waals surface area contributed by atoms with Crippen molar-refractivity contribution in [3.63, 3.8) is 0 Å². The quantitative estimate of drug-likeness (QED) is 0.651. The summed E-state index contributed by atoms with van der Waals surface area (Å²) in [5.41, 5.74) is 0.404. The molecular weight excluding hydrogens is 363 g/mol. The summed E-state index contributed by atoms with van der Waals surface area (Å²) in [6.07, 6.45) is 3.69. The molecule has 1 aliphatic heterocycles. The van der Waals surface area contributed by atoms with Gasteiger partial charge in [-0.2, -0.15) is 4.98 Å². The zero-order valence-electron chi connectivity index (χ0n) is 15.1. The maximum Gasteiger partial charge on any atom is 0.273 e. The van der Waals surface area contributed by atoms with Crippen LogP contribution in [0, 0.1) is 5.82 Å². The predicted molar refractivity (Wildman–Crippen MR) is 97.1 cm³/mol. The van der Waals surface area contributed by atoms with E-state index in [0.717, 1.165) is 12.8 Å². The molecule has 0 saturated carbocycles. The molecule has 1 fully saturated rings. The van der Waals surface area contributed by atoms with Gasteiger partial charge in [-0.15, -0.1) is 0 Å². The molecule has 28 heavy (non-hydrogen) atoms. The molecule has 8 heteroatoms. The SMILES string of the molecule is O=C(c1ccccn1)N1CCCC1c1nc(CCOc2ccc(F)cc2)no1.